The van der Waals surface area contributed by atoms with E-state index in [0.717, 1.165) is 18.9 Å². The van der Waals surface area contributed by atoms with E-state index < -0.39 is 0 Å². The van der Waals surface area contributed by atoms with Gasteiger partial charge in [-0.15, -0.1) is 0 Å². The van der Waals surface area contributed by atoms with Gasteiger partial charge in [0.1, 0.15) is 0 Å². The third-order valence-electron chi connectivity index (χ3n) is 5.30. The van der Waals surface area contributed by atoms with Crippen molar-refractivity contribution >= 4 is 0 Å². The third kappa shape index (κ3) is 2.89. The first kappa shape index (κ1) is 12.9. The first-order valence-electron chi connectivity index (χ1n) is 7.99. The molecule has 3 nitrogen and oxygen atoms in total. The van der Waals surface area contributed by atoms with Crippen LogP contribution in [0.5, 0.6) is 0 Å². The van der Waals surface area contributed by atoms with E-state index >= 15 is 0 Å². The summed E-state index contributed by atoms with van der Waals surface area (Å²) in [6.07, 6.45) is 10.2. The highest BCUT2D eigenvalue weighted by Gasteiger charge is 2.32. The van der Waals surface area contributed by atoms with Gasteiger partial charge in [-0.25, -0.2) is 0 Å². The molecule has 2 unspecified atom stereocenters. The molecule has 0 radical (unpaired) electrons. The summed E-state index contributed by atoms with van der Waals surface area (Å²) in [5, 5.41) is 9.65. The molecular formula is C15H28N2O. The van der Waals surface area contributed by atoms with Crippen LogP contribution in [0.3, 0.4) is 0 Å². The minimum Gasteiger partial charge on any atom is -0.393 e. The average Bonchev–Trinajstić information content (AvgIpc) is 2.87. The number of hydrogen-bond donors (Lipinski definition) is 1. The van der Waals surface area contributed by atoms with Gasteiger partial charge < -0.3 is 14.9 Å². The molecule has 2 saturated heterocycles. The van der Waals surface area contributed by atoms with E-state index in [2.05, 4.69) is 9.80 Å². The van der Waals surface area contributed by atoms with Crippen molar-refractivity contribution in [3.63, 3.8) is 0 Å². The molecule has 2 heterocycles. The standard InChI is InChI=1S/C15H28N2O/c18-15-5-4-14(12-15)17-10-6-13(7-11-17)16-8-2-1-3-9-16/h13-15,18H,1-12H2. The van der Waals surface area contributed by atoms with E-state index in [4.69, 9.17) is 0 Å². The van der Waals surface area contributed by atoms with Gasteiger partial charge in [0.2, 0.25) is 0 Å². The monoisotopic (exact) mass is 252 g/mol. The van der Waals surface area contributed by atoms with E-state index in [9.17, 15) is 5.11 Å². The van der Waals surface area contributed by atoms with Crippen LogP contribution in [0.15, 0.2) is 0 Å². The molecule has 1 N–H and O–H groups in total. The number of aliphatic hydroxyl groups is 1. The van der Waals surface area contributed by atoms with E-state index in [0.29, 0.717) is 6.04 Å². The van der Waals surface area contributed by atoms with Crippen molar-refractivity contribution in [3.8, 4) is 0 Å². The topological polar surface area (TPSA) is 26.7 Å². The van der Waals surface area contributed by atoms with Crippen LogP contribution in [-0.4, -0.2) is 59.3 Å². The van der Waals surface area contributed by atoms with Gasteiger partial charge in [-0.05, 0) is 71.1 Å². The third-order valence-corrected chi connectivity index (χ3v) is 5.30. The van der Waals surface area contributed by atoms with Gasteiger partial charge in [0.25, 0.3) is 0 Å². The van der Waals surface area contributed by atoms with Crippen LogP contribution in [0.1, 0.15) is 51.4 Å². The Kier molecular flexibility index (Phi) is 4.22. The van der Waals surface area contributed by atoms with E-state index in [1.807, 2.05) is 0 Å². The predicted molar refractivity (Wildman–Crippen MR) is 73.7 cm³/mol. The zero-order valence-electron chi connectivity index (χ0n) is 11.6. The minimum absolute atomic E-state index is 0.0187. The summed E-state index contributed by atoms with van der Waals surface area (Å²) in [7, 11) is 0. The first-order valence-corrected chi connectivity index (χ1v) is 7.99. The molecule has 104 valence electrons. The van der Waals surface area contributed by atoms with Gasteiger partial charge >= 0.3 is 0 Å². The highest BCUT2D eigenvalue weighted by Crippen LogP contribution is 2.28. The number of likely N-dealkylation sites (tertiary alicyclic amines) is 2. The number of hydrogen-bond acceptors (Lipinski definition) is 3. The van der Waals surface area contributed by atoms with Crippen molar-refractivity contribution in [1.82, 2.24) is 9.80 Å². The summed E-state index contributed by atoms with van der Waals surface area (Å²) in [4.78, 5) is 5.39. The molecular weight excluding hydrogens is 224 g/mol. The molecule has 3 heteroatoms. The zero-order valence-corrected chi connectivity index (χ0v) is 11.6. The van der Waals surface area contributed by atoms with Crippen LogP contribution >= 0.6 is 0 Å². The van der Waals surface area contributed by atoms with Gasteiger partial charge in [-0.3, -0.25) is 0 Å². The molecule has 0 amide bonds. The highest BCUT2D eigenvalue weighted by molar-refractivity contribution is 4.88. The quantitative estimate of drug-likeness (QED) is 0.812. The Morgan fingerprint density at radius 2 is 1.33 bits per heavy atom. The second-order valence-electron chi connectivity index (χ2n) is 6.48. The lowest BCUT2D eigenvalue weighted by atomic mass is 9.98. The van der Waals surface area contributed by atoms with Crippen molar-refractivity contribution in [2.24, 2.45) is 0 Å². The fourth-order valence-electron chi connectivity index (χ4n) is 4.17. The fourth-order valence-corrected chi connectivity index (χ4v) is 4.17. The van der Waals surface area contributed by atoms with Crippen LogP contribution in [0.4, 0.5) is 0 Å². The van der Waals surface area contributed by atoms with Crippen molar-refractivity contribution in [2.75, 3.05) is 26.2 Å². The van der Waals surface area contributed by atoms with Gasteiger partial charge in [-0.1, -0.05) is 6.42 Å². The SMILES string of the molecule is OC1CCC(N2CCC(N3CCCCC3)CC2)C1. The molecule has 18 heavy (non-hydrogen) atoms. The van der Waals surface area contributed by atoms with Crippen LogP contribution in [-0.2, 0) is 0 Å². The normalized spacial score (nSPS) is 37.2. The average molecular weight is 252 g/mol. The number of piperidine rings is 2. The van der Waals surface area contributed by atoms with Crippen molar-refractivity contribution in [3.05, 3.63) is 0 Å². The molecule has 2 atom stereocenters. The summed E-state index contributed by atoms with van der Waals surface area (Å²) >= 11 is 0. The molecule has 0 spiro atoms. The first-order chi connectivity index (χ1) is 8.83. The number of nitrogens with zero attached hydrogens (tertiary/aromatic N) is 2. The van der Waals surface area contributed by atoms with Gasteiger partial charge in [-0.2, -0.15) is 0 Å². The molecule has 0 aromatic carbocycles. The molecule has 0 aromatic heterocycles. The summed E-state index contributed by atoms with van der Waals surface area (Å²) in [6.45, 7) is 5.21. The highest BCUT2D eigenvalue weighted by atomic mass is 16.3. The van der Waals surface area contributed by atoms with E-state index in [1.165, 1.54) is 64.7 Å². The fraction of sp³-hybridized carbons (Fsp3) is 1.00. The maximum Gasteiger partial charge on any atom is 0.0555 e. The molecule has 2 aliphatic heterocycles. The van der Waals surface area contributed by atoms with Crippen molar-refractivity contribution in [2.45, 2.75) is 69.6 Å². The summed E-state index contributed by atoms with van der Waals surface area (Å²) in [5.41, 5.74) is 0. The van der Waals surface area contributed by atoms with Gasteiger partial charge in [0, 0.05) is 12.1 Å². The lowest BCUT2D eigenvalue weighted by Gasteiger charge is -2.42. The largest absolute Gasteiger partial charge is 0.393 e. The Balaban J connectivity index is 1.45. The Labute approximate surface area is 111 Å². The second kappa shape index (κ2) is 5.89. The zero-order chi connectivity index (χ0) is 12.4. The van der Waals surface area contributed by atoms with Crippen LogP contribution in [0, 0.1) is 0 Å². The Morgan fingerprint density at radius 3 is 1.94 bits per heavy atom. The second-order valence-corrected chi connectivity index (χ2v) is 6.48. The Morgan fingerprint density at radius 1 is 0.667 bits per heavy atom. The lowest BCUT2D eigenvalue weighted by Crippen LogP contribution is -2.48. The predicted octanol–water partition coefficient (Wildman–Crippen LogP) is 1.85. The molecule has 0 aromatic rings. The Hall–Kier alpha value is -0.120. The summed E-state index contributed by atoms with van der Waals surface area (Å²) < 4.78 is 0. The molecule has 3 fully saturated rings. The van der Waals surface area contributed by atoms with Crippen LogP contribution < -0.4 is 0 Å². The van der Waals surface area contributed by atoms with Crippen LogP contribution in [0.2, 0.25) is 0 Å². The maximum atomic E-state index is 9.65. The van der Waals surface area contributed by atoms with Crippen molar-refractivity contribution < 1.29 is 5.11 Å². The Bertz CT molecular complexity index is 244. The van der Waals surface area contributed by atoms with Crippen LogP contribution in [0.25, 0.3) is 0 Å². The smallest absolute Gasteiger partial charge is 0.0555 e. The minimum atomic E-state index is -0.0187. The molecule has 3 rings (SSSR count). The summed E-state index contributed by atoms with van der Waals surface area (Å²) in [5.74, 6) is 0. The van der Waals surface area contributed by atoms with E-state index in [1.54, 1.807) is 0 Å². The number of aliphatic hydroxyl groups excluding tert-OH is 1. The van der Waals surface area contributed by atoms with Crippen molar-refractivity contribution in [1.29, 1.82) is 0 Å². The number of rotatable bonds is 2. The molecule has 1 aliphatic carbocycles. The molecule has 0 bridgehead atoms. The lowest BCUT2D eigenvalue weighted by molar-refractivity contribution is 0.0688. The van der Waals surface area contributed by atoms with Gasteiger partial charge in [0.05, 0.1) is 6.10 Å². The molecule has 1 saturated carbocycles. The van der Waals surface area contributed by atoms with Gasteiger partial charge in [0.15, 0.2) is 0 Å². The van der Waals surface area contributed by atoms with E-state index in [-0.39, 0.29) is 6.10 Å². The molecule has 3 aliphatic rings. The summed E-state index contributed by atoms with van der Waals surface area (Å²) in [6, 6.07) is 1.54. The maximum absolute atomic E-state index is 9.65.